The molecular formula is C13H28N2O2. The predicted molar refractivity (Wildman–Crippen MR) is 70.2 cm³/mol. The minimum Gasteiger partial charge on any atom is -0.390 e. The molecule has 4 heteroatoms. The van der Waals surface area contributed by atoms with Crippen molar-refractivity contribution in [3.8, 4) is 0 Å². The Morgan fingerprint density at radius 3 is 2.76 bits per heavy atom. The first-order valence-corrected chi connectivity index (χ1v) is 6.80. The van der Waals surface area contributed by atoms with Crippen LogP contribution in [0.5, 0.6) is 0 Å². The van der Waals surface area contributed by atoms with E-state index in [4.69, 9.17) is 4.74 Å². The SMILES string of the molecule is CCC1COC(C)CN1CC(O)CNC(C)C. The number of ether oxygens (including phenoxy) is 1. The number of morpholine rings is 1. The van der Waals surface area contributed by atoms with E-state index in [1.54, 1.807) is 0 Å². The van der Waals surface area contributed by atoms with E-state index >= 15 is 0 Å². The van der Waals surface area contributed by atoms with Gasteiger partial charge in [0.25, 0.3) is 0 Å². The Morgan fingerprint density at radius 1 is 1.47 bits per heavy atom. The summed E-state index contributed by atoms with van der Waals surface area (Å²) in [5.74, 6) is 0. The summed E-state index contributed by atoms with van der Waals surface area (Å²) in [6.07, 6.45) is 1.07. The Kier molecular flexibility index (Phi) is 6.41. The maximum Gasteiger partial charge on any atom is 0.0791 e. The number of aliphatic hydroxyl groups excluding tert-OH is 1. The van der Waals surface area contributed by atoms with Crippen molar-refractivity contribution >= 4 is 0 Å². The molecule has 1 heterocycles. The molecule has 0 aromatic carbocycles. The number of rotatable bonds is 6. The lowest BCUT2D eigenvalue weighted by Gasteiger charge is -2.39. The van der Waals surface area contributed by atoms with Gasteiger partial charge in [-0.25, -0.2) is 0 Å². The molecule has 0 aliphatic carbocycles. The number of hydrogen-bond acceptors (Lipinski definition) is 4. The molecule has 1 aliphatic rings. The molecule has 0 saturated carbocycles. The largest absolute Gasteiger partial charge is 0.390 e. The van der Waals surface area contributed by atoms with Crippen molar-refractivity contribution in [1.29, 1.82) is 0 Å². The quantitative estimate of drug-likeness (QED) is 0.727. The number of aliphatic hydroxyl groups is 1. The summed E-state index contributed by atoms with van der Waals surface area (Å²) in [4.78, 5) is 2.36. The summed E-state index contributed by atoms with van der Waals surface area (Å²) < 4.78 is 5.65. The van der Waals surface area contributed by atoms with Gasteiger partial charge in [0.15, 0.2) is 0 Å². The lowest BCUT2D eigenvalue weighted by atomic mass is 10.1. The van der Waals surface area contributed by atoms with E-state index in [-0.39, 0.29) is 12.2 Å². The summed E-state index contributed by atoms with van der Waals surface area (Å²) in [5.41, 5.74) is 0. The maximum atomic E-state index is 10.0. The van der Waals surface area contributed by atoms with E-state index < -0.39 is 0 Å². The van der Waals surface area contributed by atoms with Gasteiger partial charge in [-0.05, 0) is 13.3 Å². The second-order valence-corrected chi connectivity index (χ2v) is 5.38. The van der Waals surface area contributed by atoms with Crippen LogP contribution in [0.15, 0.2) is 0 Å². The van der Waals surface area contributed by atoms with Gasteiger partial charge in [0.2, 0.25) is 0 Å². The number of hydrogen-bond donors (Lipinski definition) is 2. The van der Waals surface area contributed by atoms with E-state index in [9.17, 15) is 5.11 Å². The highest BCUT2D eigenvalue weighted by atomic mass is 16.5. The van der Waals surface area contributed by atoms with Crippen LogP contribution in [0, 0.1) is 0 Å². The van der Waals surface area contributed by atoms with E-state index in [1.807, 2.05) is 0 Å². The fourth-order valence-corrected chi connectivity index (χ4v) is 2.22. The molecule has 3 atom stereocenters. The van der Waals surface area contributed by atoms with Gasteiger partial charge in [-0.3, -0.25) is 4.90 Å². The second kappa shape index (κ2) is 7.31. The molecule has 1 rings (SSSR count). The molecule has 0 aromatic rings. The highest BCUT2D eigenvalue weighted by Gasteiger charge is 2.26. The molecule has 1 aliphatic heterocycles. The van der Waals surface area contributed by atoms with Crippen molar-refractivity contribution in [2.75, 3.05) is 26.2 Å². The normalized spacial score (nSPS) is 28.6. The van der Waals surface area contributed by atoms with Crippen molar-refractivity contribution < 1.29 is 9.84 Å². The van der Waals surface area contributed by atoms with Crippen LogP contribution in [0.3, 0.4) is 0 Å². The summed E-state index contributed by atoms with van der Waals surface area (Å²) in [6.45, 7) is 11.6. The summed E-state index contributed by atoms with van der Waals surface area (Å²) >= 11 is 0. The highest BCUT2D eigenvalue weighted by Crippen LogP contribution is 2.14. The Hall–Kier alpha value is -0.160. The Bertz CT molecular complexity index is 212. The second-order valence-electron chi connectivity index (χ2n) is 5.38. The van der Waals surface area contributed by atoms with Gasteiger partial charge in [-0.2, -0.15) is 0 Å². The molecule has 3 unspecified atom stereocenters. The molecule has 1 fully saturated rings. The van der Waals surface area contributed by atoms with Crippen LogP contribution >= 0.6 is 0 Å². The van der Waals surface area contributed by atoms with E-state index in [2.05, 4.69) is 37.9 Å². The third-order valence-electron chi connectivity index (χ3n) is 3.26. The van der Waals surface area contributed by atoms with Crippen LogP contribution in [0.2, 0.25) is 0 Å². The van der Waals surface area contributed by atoms with Gasteiger partial charge in [0.1, 0.15) is 0 Å². The molecule has 0 aromatic heterocycles. The van der Waals surface area contributed by atoms with Crippen molar-refractivity contribution in [3.05, 3.63) is 0 Å². The minimum absolute atomic E-state index is 0.281. The van der Waals surface area contributed by atoms with Crippen molar-refractivity contribution in [1.82, 2.24) is 10.2 Å². The first-order chi connectivity index (χ1) is 8.02. The zero-order valence-corrected chi connectivity index (χ0v) is 11.6. The third kappa shape index (κ3) is 5.34. The third-order valence-corrected chi connectivity index (χ3v) is 3.26. The van der Waals surface area contributed by atoms with Crippen LogP contribution in [0.25, 0.3) is 0 Å². The summed E-state index contributed by atoms with van der Waals surface area (Å²) in [7, 11) is 0. The van der Waals surface area contributed by atoms with Crippen LogP contribution in [-0.4, -0.2) is 60.5 Å². The standard InChI is InChI=1S/C13H28N2O2/c1-5-12-9-17-11(4)7-15(12)8-13(16)6-14-10(2)3/h10-14,16H,5-9H2,1-4H3. The van der Waals surface area contributed by atoms with Crippen molar-refractivity contribution in [2.24, 2.45) is 0 Å². The molecule has 0 radical (unpaired) electrons. The molecule has 0 bridgehead atoms. The fourth-order valence-electron chi connectivity index (χ4n) is 2.22. The Labute approximate surface area is 105 Å². The molecule has 102 valence electrons. The van der Waals surface area contributed by atoms with Crippen molar-refractivity contribution in [2.45, 2.75) is 58.4 Å². The number of nitrogens with one attached hydrogen (secondary N) is 1. The lowest BCUT2D eigenvalue weighted by molar-refractivity contribution is -0.0675. The van der Waals surface area contributed by atoms with Gasteiger partial charge in [0, 0.05) is 31.7 Å². The first kappa shape index (κ1) is 14.9. The number of β-amino-alcohol motifs (C(OH)–C–C–N with tert-alkyl or cyclic N) is 1. The van der Waals surface area contributed by atoms with Crippen LogP contribution < -0.4 is 5.32 Å². The van der Waals surface area contributed by atoms with Gasteiger partial charge in [-0.1, -0.05) is 20.8 Å². The molecule has 2 N–H and O–H groups in total. The minimum atomic E-state index is -0.295. The summed E-state index contributed by atoms with van der Waals surface area (Å²) in [5, 5.41) is 13.3. The van der Waals surface area contributed by atoms with Crippen LogP contribution in [0.1, 0.15) is 34.1 Å². The average molecular weight is 244 g/mol. The smallest absolute Gasteiger partial charge is 0.0791 e. The Balaban J connectivity index is 2.35. The zero-order chi connectivity index (χ0) is 12.8. The van der Waals surface area contributed by atoms with Crippen LogP contribution in [0.4, 0.5) is 0 Å². The maximum absolute atomic E-state index is 10.0. The average Bonchev–Trinajstić information content (AvgIpc) is 2.27. The Morgan fingerprint density at radius 2 is 2.18 bits per heavy atom. The van der Waals surface area contributed by atoms with Gasteiger partial charge >= 0.3 is 0 Å². The van der Waals surface area contributed by atoms with E-state index in [1.165, 1.54) is 0 Å². The zero-order valence-electron chi connectivity index (χ0n) is 11.6. The highest BCUT2D eigenvalue weighted by molar-refractivity contribution is 4.80. The van der Waals surface area contributed by atoms with Crippen LogP contribution in [-0.2, 0) is 4.74 Å². The molecule has 0 amide bonds. The molecule has 1 saturated heterocycles. The first-order valence-electron chi connectivity index (χ1n) is 6.80. The predicted octanol–water partition coefficient (Wildman–Crippen LogP) is 0.845. The van der Waals surface area contributed by atoms with Gasteiger partial charge in [-0.15, -0.1) is 0 Å². The van der Waals surface area contributed by atoms with E-state index in [0.29, 0.717) is 18.6 Å². The topological polar surface area (TPSA) is 44.7 Å². The summed E-state index contributed by atoms with van der Waals surface area (Å²) in [6, 6.07) is 0.884. The molecule has 4 nitrogen and oxygen atoms in total. The van der Waals surface area contributed by atoms with Gasteiger partial charge < -0.3 is 15.2 Å². The molecular weight excluding hydrogens is 216 g/mol. The van der Waals surface area contributed by atoms with Crippen molar-refractivity contribution in [3.63, 3.8) is 0 Å². The molecule has 17 heavy (non-hydrogen) atoms. The van der Waals surface area contributed by atoms with E-state index in [0.717, 1.165) is 26.1 Å². The lowest BCUT2D eigenvalue weighted by Crippen LogP contribution is -2.52. The number of nitrogens with zero attached hydrogens (tertiary/aromatic N) is 1. The fraction of sp³-hybridized carbons (Fsp3) is 1.00. The monoisotopic (exact) mass is 244 g/mol. The van der Waals surface area contributed by atoms with Gasteiger partial charge in [0.05, 0.1) is 18.8 Å². The molecule has 0 spiro atoms.